The Bertz CT molecular complexity index is 426. The molecule has 1 heterocycles. The van der Waals surface area contributed by atoms with E-state index >= 15 is 0 Å². The van der Waals surface area contributed by atoms with Crippen LogP contribution >= 0.6 is 11.6 Å². The lowest BCUT2D eigenvalue weighted by Crippen LogP contribution is -2.34. The number of rotatable bonds is 0. The van der Waals surface area contributed by atoms with E-state index in [2.05, 4.69) is 31.4 Å². The SMILES string of the molecule is CC(C)(C)C1CCNc2cc(Cl)c(F)cc2N1. The number of hydrogen-bond acceptors (Lipinski definition) is 2. The Balaban J connectivity index is 2.34. The summed E-state index contributed by atoms with van der Waals surface area (Å²) in [4.78, 5) is 0. The molecule has 0 saturated carbocycles. The highest BCUT2D eigenvalue weighted by Gasteiger charge is 2.27. The van der Waals surface area contributed by atoms with Crippen molar-refractivity contribution in [3.63, 3.8) is 0 Å². The van der Waals surface area contributed by atoms with Crippen LogP contribution in [0.4, 0.5) is 15.8 Å². The van der Waals surface area contributed by atoms with Gasteiger partial charge in [-0.1, -0.05) is 32.4 Å². The normalized spacial score (nSPS) is 19.9. The average Bonchev–Trinajstić information content (AvgIpc) is 2.40. The predicted molar refractivity (Wildman–Crippen MR) is 71.4 cm³/mol. The molecule has 0 aliphatic carbocycles. The van der Waals surface area contributed by atoms with Crippen LogP contribution in [-0.2, 0) is 0 Å². The highest BCUT2D eigenvalue weighted by atomic mass is 35.5. The molecule has 1 unspecified atom stereocenters. The van der Waals surface area contributed by atoms with Crippen molar-refractivity contribution < 1.29 is 4.39 Å². The van der Waals surface area contributed by atoms with Crippen molar-refractivity contribution in [3.05, 3.63) is 23.0 Å². The van der Waals surface area contributed by atoms with Crippen LogP contribution in [0, 0.1) is 11.2 Å². The zero-order valence-corrected chi connectivity index (χ0v) is 11.2. The standard InChI is InChI=1S/C13H18ClFN2/c1-13(2,3)12-4-5-16-10-6-8(14)9(15)7-11(10)17-12/h6-7,12,16-17H,4-5H2,1-3H3. The molecule has 0 radical (unpaired) electrons. The second-order valence-corrected chi connectivity index (χ2v) is 6.00. The minimum absolute atomic E-state index is 0.138. The number of fused-ring (bicyclic) bond motifs is 1. The summed E-state index contributed by atoms with van der Waals surface area (Å²) in [6, 6.07) is 3.43. The Hall–Kier alpha value is -0.960. The van der Waals surface area contributed by atoms with Crippen molar-refractivity contribution in [1.29, 1.82) is 0 Å². The summed E-state index contributed by atoms with van der Waals surface area (Å²) in [5.41, 5.74) is 1.81. The molecule has 4 heteroatoms. The highest BCUT2D eigenvalue weighted by Crippen LogP contribution is 2.34. The molecular formula is C13H18ClFN2. The number of anilines is 2. The summed E-state index contributed by atoms with van der Waals surface area (Å²) >= 11 is 5.78. The second kappa shape index (κ2) is 4.37. The van der Waals surface area contributed by atoms with E-state index in [1.54, 1.807) is 6.07 Å². The molecule has 1 aliphatic rings. The van der Waals surface area contributed by atoms with Crippen LogP contribution < -0.4 is 10.6 Å². The molecule has 0 aromatic heterocycles. The van der Waals surface area contributed by atoms with Gasteiger partial charge in [0.25, 0.3) is 0 Å². The van der Waals surface area contributed by atoms with Crippen molar-refractivity contribution in [2.24, 2.45) is 5.41 Å². The molecule has 1 aromatic carbocycles. The minimum atomic E-state index is -0.380. The Morgan fingerprint density at radius 3 is 2.65 bits per heavy atom. The van der Waals surface area contributed by atoms with Gasteiger partial charge in [0, 0.05) is 18.7 Å². The molecule has 2 nitrogen and oxygen atoms in total. The van der Waals surface area contributed by atoms with Crippen LogP contribution in [0.3, 0.4) is 0 Å². The van der Waals surface area contributed by atoms with Gasteiger partial charge < -0.3 is 10.6 Å². The predicted octanol–water partition coefficient (Wildman–Crippen LogP) is 4.12. The maximum Gasteiger partial charge on any atom is 0.143 e. The van der Waals surface area contributed by atoms with Gasteiger partial charge in [-0.3, -0.25) is 0 Å². The van der Waals surface area contributed by atoms with Gasteiger partial charge in [-0.2, -0.15) is 0 Å². The van der Waals surface area contributed by atoms with Crippen LogP contribution in [0.2, 0.25) is 5.02 Å². The lowest BCUT2D eigenvalue weighted by molar-refractivity contribution is 0.332. The minimum Gasteiger partial charge on any atom is -0.383 e. The van der Waals surface area contributed by atoms with Crippen LogP contribution in [0.1, 0.15) is 27.2 Å². The van der Waals surface area contributed by atoms with E-state index in [1.165, 1.54) is 6.07 Å². The number of nitrogens with one attached hydrogen (secondary N) is 2. The van der Waals surface area contributed by atoms with Gasteiger partial charge in [-0.25, -0.2) is 4.39 Å². The van der Waals surface area contributed by atoms with E-state index < -0.39 is 0 Å². The summed E-state index contributed by atoms with van der Waals surface area (Å²) in [5.74, 6) is -0.380. The van der Waals surface area contributed by atoms with E-state index in [1.807, 2.05) is 0 Å². The highest BCUT2D eigenvalue weighted by molar-refractivity contribution is 6.31. The number of benzene rings is 1. The quantitative estimate of drug-likeness (QED) is 0.730. The molecule has 0 amide bonds. The van der Waals surface area contributed by atoms with Crippen molar-refractivity contribution in [1.82, 2.24) is 0 Å². The molecule has 17 heavy (non-hydrogen) atoms. The Morgan fingerprint density at radius 1 is 1.29 bits per heavy atom. The summed E-state index contributed by atoms with van der Waals surface area (Å²) in [5, 5.41) is 6.85. The average molecular weight is 257 g/mol. The summed E-state index contributed by atoms with van der Waals surface area (Å²) in [6.07, 6.45) is 0.997. The topological polar surface area (TPSA) is 24.1 Å². The molecule has 1 aliphatic heterocycles. The van der Waals surface area contributed by atoms with Gasteiger partial charge >= 0.3 is 0 Å². The Labute approximate surface area is 107 Å². The van der Waals surface area contributed by atoms with Gasteiger partial charge in [0.1, 0.15) is 5.82 Å². The largest absolute Gasteiger partial charge is 0.383 e. The maximum atomic E-state index is 13.5. The van der Waals surface area contributed by atoms with Crippen LogP contribution in [0.15, 0.2) is 12.1 Å². The van der Waals surface area contributed by atoms with Gasteiger partial charge in [0.05, 0.1) is 16.4 Å². The molecule has 0 spiro atoms. The summed E-state index contributed by atoms with van der Waals surface area (Å²) in [7, 11) is 0. The van der Waals surface area contributed by atoms with Crippen LogP contribution in [-0.4, -0.2) is 12.6 Å². The second-order valence-electron chi connectivity index (χ2n) is 5.59. The van der Waals surface area contributed by atoms with E-state index in [-0.39, 0.29) is 16.3 Å². The van der Waals surface area contributed by atoms with Crippen LogP contribution in [0.25, 0.3) is 0 Å². The molecular weight excluding hydrogens is 239 g/mol. The molecule has 0 fully saturated rings. The summed E-state index contributed by atoms with van der Waals surface area (Å²) in [6.45, 7) is 7.41. The number of hydrogen-bond donors (Lipinski definition) is 2. The van der Waals surface area contributed by atoms with Crippen molar-refractivity contribution >= 4 is 23.0 Å². The van der Waals surface area contributed by atoms with Gasteiger partial charge in [-0.05, 0) is 17.9 Å². The third-order valence-electron chi connectivity index (χ3n) is 3.18. The monoisotopic (exact) mass is 256 g/mol. The Morgan fingerprint density at radius 2 is 2.00 bits per heavy atom. The van der Waals surface area contributed by atoms with E-state index in [4.69, 9.17) is 11.6 Å². The molecule has 94 valence electrons. The smallest absolute Gasteiger partial charge is 0.143 e. The zero-order chi connectivity index (χ0) is 12.6. The first kappa shape index (κ1) is 12.5. The van der Waals surface area contributed by atoms with Crippen molar-refractivity contribution in [2.75, 3.05) is 17.2 Å². The van der Waals surface area contributed by atoms with E-state index in [0.717, 1.165) is 24.3 Å². The van der Waals surface area contributed by atoms with Crippen molar-refractivity contribution in [2.45, 2.75) is 33.2 Å². The van der Waals surface area contributed by atoms with Gasteiger partial charge in [-0.15, -0.1) is 0 Å². The fourth-order valence-corrected chi connectivity index (χ4v) is 2.24. The fourth-order valence-electron chi connectivity index (χ4n) is 2.07. The number of halogens is 2. The Kier molecular flexibility index (Phi) is 3.21. The molecule has 2 N–H and O–H groups in total. The zero-order valence-electron chi connectivity index (χ0n) is 10.4. The first-order valence-electron chi connectivity index (χ1n) is 5.87. The van der Waals surface area contributed by atoms with Gasteiger partial charge in [0.2, 0.25) is 0 Å². The molecule has 1 atom stereocenters. The third kappa shape index (κ3) is 2.65. The van der Waals surface area contributed by atoms with E-state index in [9.17, 15) is 4.39 Å². The maximum absolute atomic E-state index is 13.5. The van der Waals surface area contributed by atoms with Crippen LogP contribution in [0.5, 0.6) is 0 Å². The first-order valence-corrected chi connectivity index (χ1v) is 6.25. The third-order valence-corrected chi connectivity index (χ3v) is 3.47. The fraction of sp³-hybridized carbons (Fsp3) is 0.538. The lowest BCUT2D eigenvalue weighted by Gasteiger charge is -2.31. The molecule has 0 saturated heterocycles. The molecule has 1 aromatic rings. The summed E-state index contributed by atoms with van der Waals surface area (Å²) < 4.78 is 13.5. The van der Waals surface area contributed by atoms with Crippen molar-refractivity contribution in [3.8, 4) is 0 Å². The first-order chi connectivity index (χ1) is 7.88. The molecule has 2 rings (SSSR count). The molecule has 0 bridgehead atoms. The van der Waals surface area contributed by atoms with E-state index in [0.29, 0.717) is 6.04 Å². The van der Waals surface area contributed by atoms with Gasteiger partial charge in [0.15, 0.2) is 0 Å². The lowest BCUT2D eigenvalue weighted by atomic mass is 9.85.